The van der Waals surface area contributed by atoms with E-state index in [0.29, 0.717) is 0 Å². The Balaban J connectivity index is 1.15. The van der Waals surface area contributed by atoms with Gasteiger partial charge in [0, 0.05) is 20.8 Å². The summed E-state index contributed by atoms with van der Waals surface area (Å²) in [6, 6.07) is -5.10. The number of amides is 3. The number of ether oxygens (including phenoxy) is 13. The number of hydrogen-bond donors (Lipinski definition) is 22. The number of rotatable bonds is 21. The Bertz CT molecular complexity index is 2170. The molecular weight excluding hydrogens is 1180 g/mol. The van der Waals surface area contributed by atoms with E-state index >= 15 is 0 Å². The van der Waals surface area contributed by atoms with Gasteiger partial charge in [0.05, 0.1) is 45.7 Å². The van der Waals surface area contributed by atoms with Gasteiger partial charge >= 0.3 is 0 Å². The molecule has 0 aromatic heterocycles. The Morgan fingerprint density at radius 3 is 1.22 bits per heavy atom. The largest absolute Gasteiger partial charge is 0.394 e. The molecule has 0 unspecified atom stereocenters. The first-order chi connectivity index (χ1) is 40.6. The second kappa shape index (κ2) is 30.5. The van der Waals surface area contributed by atoms with E-state index in [4.69, 9.17) is 61.6 Å². The topological polar surface area (TPSA) is 592 Å². The highest BCUT2D eigenvalue weighted by atomic mass is 16.8. The highest BCUT2D eigenvalue weighted by molar-refractivity contribution is 5.74. The summed E-state index contributed by atoms with van der Waals surface area (Å²) in [7, 11) is 0. The second-order valence-electron chi connectivity index (χ2n) is 21.8. The van der Waals surface area contributed by atoms with Crippen LogP contribution in [0.4, 0.5) is 0 Å². The van der Waals surface area contributed by atoms with Crippen LogP contribution in [-0.2, 0) is 76.0 Å². The standard InChI is InChI=1S/C48H81N3O35/c1-11-24(59)31(66)34(69)45(76-11)75-10-20-40(29(64)21(42(73)77-20)49-12(2)56)84-44-23(51-14(4)58)30(65)38(17(7-54)80-44)85-48-37(72)41(27(62)19(82-48)9-74-46-35(70)32(67)26(61)16(6-53)79-46)86-47-36(71)33(68)39(18(8-55)81-47)83-43-22(50-13(3)57)28(63)25(60)15(5-52)78-43/h11,15-48,52-55,59-73H,5-10H2,1-4H3,(H,49,56)(H,50,57)(H,51,58)/t11-,15+,16+,17+,18+,19+,20+,21+,22+,23+,24+,25+,26+,27+,28+,29+,30+,31+,32-,33+,34-,35-,36-,37-,38+,39+,40+,41-,42+,43-,44-,45+,46-,47+,48-/m0/s1. The van der Waals surface area contributed by atoms with E-state index in [1.165, 1.54) is 6.92 Å². The molecule has 7 heterocycles. The summed E-state index contributed by atoms with van der Waals surface area (Å²) in [5.74, 6) is -2.43. The summed E-state index contributed by atoms with van der Waals surface area (Å²) in [6.45, 7) is -1.28. The van der Waals surface area contributed by atoms with E-state index in [-0.39, 0.29) is 0 Å². The van der Waals surface area contributed by atoms with Crippen LogP contribution in [0.25, 0.3) is 0 Å². The minimum Gasteiger partial charge on any atom is -0.394 e. The first-order valence-corrected chi connectivity index (χ1v) is 27.5. The van der Waals surface area contributed by atoms with Gasteiger partial charge in [-0.05, 0) is 6.92 Å². The third-order valence-electron chi connectivity index (χ3n) is 15.7. The normalized spacial score (nSPS) is 49.4. The molecule has 0 radical (unpaired) electrons. The molecular formula is C48H81N3O35. The fourth-order valence-electron chi connectivity index (χ4n) is 11.0. The van der Waals surface area contributed by atoms with Crippen LogP contribution in [0, 0.1) is 0 Å². The number of hydrogen-bond acceptors (Lipinski definition) is 35. The van der Waals surface area contributed by atoms with Gasteiger partial charge in [-0.1, -0.05) is 0 Å². The van der Waals surface area contributed by atoms with E-state index in [0.717, 1.165) is 20.8 Å². The zero-order valence-corrected chi connectivity index (χ0v) is 46.5. The maximum Gasteiger partial charge on any atom is 0.217 e. The molecule has 7 saturated heterocycles. The van der Waals surface area contributed by atoms with Crippen LogP contribution in [0.3, 0.4) is 0 Å². The first kappa shape index (κ1) is 70.6. The maximum absolute atomic E-state index is 12.9. The van der Waals surface area contributed by atoms with E-state index in [1.807, 2.05) is 0 Å². The molecule has 7 fully saturated rings. The number of nitrogens with one attached hydrogen (secondary N) is 3. The van der Waals surface area contributed by atoms with Gasteiger partial charge in [-0.3, -0.25) is 14.4 Å². The van der Waals surface area contributed by atoms with E-state index in [9.17, 15) is 111 Å². The monoisotopic (exact) mass is 1260 g/mol. The lowest BCUT2D eigenvalue weighted by atomic mass is 9.93. The molecule has 0 bridgehead atoms. The van der Waals surface area contributed by atoms with Gasteiger partial charge in [0.25, 0.3) is 0 Å². The van der Waals surface area contributed by atoms with Crippen molar-refractivity contribution >= 4 is 17.7 Å². The lowest BCUT2D eigenvalue weighted by Crippen LogP contribution is -2.70. The van der Waals surface area contributed by atoms with E-state index in [2.05, 4.69) is 16.0 Å². The number of carbonyl (C=O) groups excluding carboxylic acids is 3. The first-order valence-electron chi connectivity index (χ1n) is 27.5. The lowest BCUT2D eigenvalue weighted by Gasteiger charge is -2.50. The van der Waals surface area contributed by atoms with Gasteiger partial charge in [0.2, 0.25) is 17.7 Å². The van der Waals surface area contributed by atoms with Crippen LogP contribution < -0.4 is 16.0 Å². The highest BCUT2D eigenvalue weighted by Gasteiger charge is 2.58. The summed E-state index contributed by atoms with van der Waals surface area (Å²) >= 11 is 0. The van der Waals surface area contributed by atoms with Crippen LogP contribution in [0.5, 0.6) is 0 Å². The van der Waals surface area contributed by atoms with Gasteiger partial charge in [0.1, 0.15) is 165 Å². The molecule has 0 aromatic rings. The molecule has 7 aliphatic heterocycles. The molecule has 0 spiro atoms. The number of aliphatic hydroxyl groups excluding tert-OH is 19. The van der Waals surface area contributed by atoms with E-state index in [1.54, 1.807) is 0 Å². The molecule has 0 saturated carbocycles. The molecule has 7 rings (SSSR count). The molecule has 3 amide bonds. The summed E-state index contributed by atoms with van der Waals surface area (Å²) in [5, 5.41) is 214. The van der Waals surface area contributed by atoms with Crippen LogP contribution >= 0.6 is 0 Å². The van der Waals surface area contributed by atoms with Crippen molar-refractivity contribution in [2.75, 3.05) is 39.6 Å². The third kappa shape index (κ3) is 15.5. The molecule has 22 N–H and O–H groups in total. The minimum absolute atomic E-state index is 0.761. The van der Waals surface area contributed by atoms with Gasteiger partial charge in [-0.15, -0.1) is 0 Å². The van der Waals surface area contributed by atoms with Crippen molar-refractivity contribution in [1.29, 1.82) is 0 Å². The van der Waals surface area contributed by atoms with Crippen molar-refractivity contribution < 1.29 is 173 Å². The molecule has 0 aromatic carbocycles. The summed E-state index contributed by atoms with van der Waals surface area (Å²) in [6.07, 6.45) is -60.7. The van der Waals surface area contributed by atoms with Gasteiger partial charge < -0.3 is 175 Å². The zero-order chi connectivity index (χ0) is 63.5. The van der Waals surface area contributed by atoms with Gasteiger partial charge in [-0.25, -0.2) is 0 Å². The number of aliphatic hydroxyl groups is 19. The fourth-order valence-corrected chi connectivity index (χ4v) is 11.0. The van der Waals surface area contributed by atoms with Gasteiger partial charge in [0.15, 0.2) is 44.0 Å². The van der Waals surface area contributed by atoms with Gasteiger partial charge in [-0.2, -0.15) is 0 Å². The predicted molar refractivity (Wildman–Crippen MR) is 265 cm³/mol. The average molecular weight is 1260 g/mol. The molecule has 498 valence electrons. The Labute approximate surface area is 488 Å². The number of carbonyl (C=O) groups is 3. The SMILES string of the molecule is CC(=O)N[C@@H]1[C@@H](O)[C@H](O[C@@H]2O[C@H](CO)[C@@H](O[C@@H]3O[C@H](CO[C@H]4O[C@H](CO)[C@@H](O)[C@H](O)[C@@H]4O)[C@@H](O)[C@H](O[C@H]4O[C@H](CO)[C@@H](O[C@@H]5O[C@H](CO)[C@@H](O)[C@H](O)[C@H]5NC(C)=O)[C@H](O)[C@@H]4O)[C@@H]3O)[C@H](O)[C@H]2NC(C)=O)[C@@H](CO[C@@H]2O[C@@H](C)[C@@H](O)[C@@H](O)[C@@H]2O)O[C@H]1O. The Kier molecular flexibility index (Phi) is 25.0. The van der Waals surface area contributed by atoms with Crippen molar-refractivity contribution in [3.63, 3.8) is 0 Å². The highest BCUT2D eigenvalue weighted by Crippen LogP contribution is 2.37. The maximum atomic E-state index is 12.9. The van der Waals surface area contributed by atoms with Crippen molar-refractivity contribution in [3.8, 4) is 0 Å². The predicted octanol–water partition coefficient (Wildman–Crippen LogP) is -14.8. The quantitative estimate of drug-likeness (QED) is 0.0507. The molecule has 38 heteroatoms. The van der Waals surface area contributed by atoms with E-state index < -0.39 is 272 Å². The molecule has 86 heavy (non-hydrogen) atoms. The molecule has 38 nitrogen and oxygen atoms in total. The van der Waals surface area contributed by atoms with Crippen molar-refractivity contribution in [1.82, 2.24) is 16.0 Å². The van der Waals surface area contributed by atoms with Crippen molar-refractivity contribution in [2.24, 2.45) is 0 Å². The fraction of sp³-hybridized carbons (Fsp3) is 0.938. The second-order valence-corrected chi connectivity index (χ2v) is 21.8. The smallest absolute Gasteiger partial charge is 0.217 e. The van der Waals surface area contributed by atoms with Crippen molar-refractivity contribution in [3.05, 3.63) is 0 Å². The summed E-state index contributed by atoms with van der Waals surface area (Å²) in [5.41, 5.74) is 0. The molecule has 35 atom stereocenters. The van der Waals surface area contributed by atoms with Crippen LogP contribution in [0.1, 0.15) is 27.7 Å². The molecule has 7 aliphatic rings. The van der Waals surface area contributed by atoms with Crippen LogP contribution in [0.2, 0.25) is 0 Å². The Morgan fingerprint density at radius 1 is 0.326 bits per heavy atom. The minimum atomic E-state index is -2.36. The summed E-state index contributed by atoms with van der Waals surface area (Å²) in [4.78, 5) is 37.2. The van der Waals surface area contributed by atoms with Crippen molar-refractivity contribution in [2.45, 2.75) is 242 Å². The van der Waals surface area contributed by atoms with Crippen LogP contribution in [0.15, 0.2) is 0 Å². The lowest BCUT2D eigenvalue weighted by molar-refractivity contribution is -0.389. The Morgan fingerprint density at radius 2 is 0.686 bits per heavy atom. The average Bonchev–Trinajstić information content (AvgIpc) is 1.72. The Hall–Kier alpha value is -2.87. The summed E-state index contributed by atoms with van der Waals surface area (Å²) < 4.78 is 75.2. The third-order valence-corrected chi connectivity index (χ3v) is 15.7. The zero-order valence-electron chi connectivity index (χ0n) is 46.5. The molecule has 0 aliphatic carbocycles. The van der Waals surface area contributed by atoms with Crippen LogP contribution in [-0.4, -0.2) is 369 Å².